The van der Waals surface area contributed by atoms with Crippen molar-refractivity contribution in [2.45, 2.75) is 6.92 Å². The van der Waals surface area contributed by atoms with Gasteiger partial charge in [-0.1, -0.05) is 18.2 Å². The summed E-state index contributed by atoms with van der Waals surface area (Å²) < 4.78 is 7.18. The molecule has 5 heteroatoms. The normalized spacial score (nSPS) is 10.5. The third-order valence-corrected chi connectivity index (χ3v) is 3.47. The molecular formula is C16H14N4O. The van der Waals surface area contributed by atoms with Gasteiger partial charge in [-0.05, 0) is 30.7 Å². The van der Waals surface area contributed by atoms with E-state index in [4.69, 9.17) is 10.5 Å². The zero-order chi connectivity index (χ0) is 15.0. The molecule has 0 saturated carbocycles. The van der Waals surface area contributed by atoms with Crippen molar-refractivity contribution in [3.8, 4) is 17.5 Å². The quantitative estimate of drug-likeness (QED) is 0.782. The number of nitrogens with zero attached hydrogens (tertiary/aromatic N) is 3. The smallest absolute Gasteiger partial charge is 0.206 e. The number of hydrogen-bond donors (Lipinski definition) is 1. The van der Waals surface area contributed by atoms with Gasteiger partial charge in [-0.25, -0.2) is 4.98 Å². The van der Waals surface area contributed by atoms with Crippen LogP contribution in [0, 0.1) is 18.3 Å². The number of nitrogens with two attached hydrogens (primary N) is 1. The number of methoxy groups -OCH3 is 1. The summed E-state index contributed by atoms with van der Waals surface area (Å²) in [4.78, 5) is 4.38. The zero-order valence-electron chi connectivity index (χ0n) is 11.8. The molecule has 21 heavy (non-hydrogen) atoms. The van der Waals surface area contributed by atoms with Gasteiger partial charge >= 0.3 is 0 Å². The molecule has 0 amide bonds. The monoisotopic (exact) mass is 278 g/mol. The summed E-state index contributed by atoms with van der Waals surface area (Å²) in [5.74, 6) is 0.920. The second kappa shape index (κ2) is 4.84. The lowest BCUT2D eigenvalue weighted by Gasteiger charge is -2.14. The number of para-hydroxylation sites is 2. The molecule has 1 heterocycles. The highest BCUT2D eigenvalue weighted by Crippen LogP contribution is 2.33. The Kier molecular flexibility index (Phi) is 2.99. The molecule has 0 fully saturated rings. The molecule has 0 bridgehead atoms. The molecule has 0 spiro atoms. The number of hydrogen-bond acceptors (Lipinski definition) is 4. The maximum atomic E-state index is 9.39. The van der Waals surface area contributed by atoms with Crippen molar-refractivity contribution in [3.05, 3.63) is 47.5 Å². The Bertz CT molecular complexity index is 874. The lowest BCUT2D eigenvalue weighted by molar-refractivity contribution is 0.413. The summed E-state index contributed by atoms with van der Waals surface area (Å²) in [6.45, 7) is 1.99. The van der Waals surface area contributed by atoms with Crippen molar-refractivity contribution in [3.63, 3.8) is 0 Å². The van der Waals surface area contributed by atoms with Gasteiger partial charge < -0.3 is 10.5 Å². The number of aromatic nitrogens is 2. The van der Waals surface area contributed by atoms with Gasteiger partial charge in [0.05, 0.1) is 23.7 Å². The topological polar surface area (TPSA) is 76.9 Å². The van der Waals surface area contributed by atoms with Gasteiger partial charge in [-0.2, -0.15) is 5.26 Å². The third kappa shape index (κ3) is 1.89. The lowest BCUT2D eigenvalue weighted by atomic mass is 10.1. The van der Waals surface area contributed by atoms with E-state index in [1.165, 1.54) is 0 Å². The van der Waals surface area contributed by atoms with Crippen LogP contribution in [-0.2, 0) is 0 Å². The lowest BCUT2D eigenvalue weighted by Crippen LogP contribution is -2.05. The molecule has 3 aromatic rings. The van der Waals surface area contributed by atoms with Crippen molar-refractivity contribution in [2.75, 3.05) is 12.8 Å². The van der Waals surface area contributed by atoms with Crippen molar-refractivity contribution in [1.29, 1.82) is 5.26 Å². The van der Waals surface area contributed by atoms with Crippen molar-refractivity contribution in [2.24, 2.45) is 0 Å². The van der Waals surface area contributed by atoms with E-state index in [0.717, 1.165) is 16.6 Å². The molecule has 0 saturated heterocycles. The van der Waals surface area contributed by atoms with E-state index in [1.54, 1.807) is 29.9 Å². The fourth-order valence-corrected chi connectivity index (χ4v) is 2.55. The highest BCUT2D eigenvalue weighted by molar-refractivity contribution is 5.85. The molecule has 3 rings (SSSR count). The van der Waals surface area contributed by atoms with Crippen LogP contribution >= 0.6 is 0 Å². The minimum absolute atomic E-state index is 0.334. The average Bonchev–Trinajstić information content (AvgIpc) is 2.83. The predicted octanol–water partition coefficient (Wildman–Crippen LogP) is 2.80. The molecule has 0 unspecified atom stereocenters. The number of aryl methyl sites for hydroxylation is 1. The fraction of sp³-hybridized carbons (Fsp3) is 0.125. The second-order valence-corrected chi connectivity index (χ2v) is 4.72. The number of imidazole rings is 1. The average molecular weight is 278 g/mol. The molecule has 0 aliphatic heterocycles. The molecule has 0 aliphatic carbocycles. The van der Waals surface area contributed by atoms with E-state index in [9.17, 15) is 5.26 Å². The summed E-state index contributed by atoms with van der Waals surface area (Å²) in [5, 5.41) is 9.39. The van der Waals surface area contributed by atoms with Crippen LogP contribution in [0.25, 0.3) is 16.7 Å². The third-order valence-electron chi connectivity index (χ3n) is 3.47. The largest absolute Gasteiger partial charge is 0.495 e. The minimum Gasteiger partial charge on any atom is -0.495 e. The Labute approximate surface area is 122 Å². The first-order chi connectivity index (χ1) is 10.2. The van der Waals surface area contributed by atoms with Gasteiger partial charge in [0.15, 0.2) is 0 Å². The number of benzene rings is 2. The predicted molar refractivity (Wildman–Crippen MR) is 81.5 cm³/mol. The fourth-order valence-electron chi connectivity index (χ4n) is 2.55. The van der Waals surface area contributed by atoms with Gasteiger partial charge in [0.2, 0.25) is 5.95 Å². The Morgan fingerprint density at radius 1 is 1.24 bits per heavy atom. The van der Waals surface area contributed by atoms with E-state index in [2.05, 4.69) is 11.1 Å². The van der Waals surface area contributed by atoms with Crippen LogP contribution in [-0.4, -0.2) is 16.7 Å². The van der Waals surface area contributed by atoms with Crippen LogP contribution in [0.3, 0.4) is 0 Å². The second-order valence-electron chi connectivity index (χ2n) is 4.72. The zero-order valence-corrected chi connectivity index (χ0v) is 11.8. The summed E-state index contributed by atoms with van der Waals surface area (Å²) in [6.07, 6.45) is 0. The van der Waals surface area contributed by atoms with Gasteiger partial charge in [-0.3, -0.25) is 4.57 Å². The SMILES string of the molecule is COc1cccc(C#N)c1-n1c(N)nc2cccc(C)c21. The summed E-state index contributed by atoms with van der Waals surface area (Å²) in [7, 11) is 1.57. The minimum atomic E-state index is 0.334. The Hall–Kier alpha value is -3.00. The number of nitrogen functional groups attached to an aromatic ring is 1. The molecule has 2 aromatic carbocycles. The molecule has 1 aromatic heterocycles. The number of fused-ring (bicyclic) bond motifs is 1. The van der Waals surface area contributed by atoms with Crippen molar-refractivity contribution in [1.82, 2.24) is 9.55 Å². The van der Waals surface area contributed by atoms with Crippen LogP contribution in [0.1, 0.15) is 11.1 Å². The highest BCUT2D eigenvalue weighted by Gasteiger charge is 2.18. The van der Waals surface area contributed by atoms with Crippen LogP contribution in [0.4, 0.5) is 5.95 Å². The van der Waals surface area contributed by atoms with Gasteiger partial charge in [0.1, 0.15) is 17.5 Å². The number of ether oxygens (including phenoxy) is 1. The van der Waals surface area contributed by atoms with Crippen LogP contribution in [0.15, 0.2) is 36.4 Å². The van der Waals surface area contributed by atoms with Gasteiger partial charge in [0, 0.05) is 0 Å². The van der Waals surface area contributed by atoms with E-state index in [0.29, 0.717) is 22.9 Å². The van der Waals surface area contributed by atoms with Crippen LogP contribution in [0.5, 0.6) is 5.75 Å². The first kappa shape index (κ1) is 13.0. The molecule has 0 radical (unpaired) electrons. The van der Waals surface area contributed by atoms with Crippen molar-refractivity contribution >= 4 is 17.0 Å². The molecule has 104 valence electrons. The summed E-state index contributed by atoms with van der Waals surface area (Å²) in [5.41, 5.74) is 9.91. The Morgan fingerprint density at radius 3 is 2.71 bits per heavy atom. The number of nitriles is 1. The molecule has 2 N–H and O–H groups in total. The van der Waals surface area contributed by atoms with E-state index in [-0.39, 0.29) is 0 Å². The maximum Gasteiger partial charge on any atom is 0.206 e. The number of rotatable bonds is 2. The standard InChI is InChI=1S/C16H14N4O/c1-10-5-3-7-12-14(10)20(16(18)19-12)15-11(9-17)6-4-8-13(15)21-2/h3-8H,1-2H3,(H2,18,19). The van der Waals surface area contributed by atoms with Crippen LogP contribution < -0.4 is 10.5 Å². The van der Waals surface area contributed by atoms with E-state index >= 15 is 0 Å². The van der Waals surface area contributed by atoms with Gasteiger partial charge in [-0.15, -0.1) is 0 Å². The van der Waals surface area contributed by atoms with Gasteiger partial charge in [0.25, 0.3) is 0 Å². The maximum absolute atomic E-state index is 9.39. The Balaban J connectivity index is 2.47. The first-order valence-corrected chi connectivity index (χ1v) is 6.48. The van der Waals surface area contributed by atoms with E-state index < -0.39 is 0 Å². The summed E-state index contributed by atoms with van der Waals surface area (Å²) >= 11 is 0. The summed E-state index contributed by atoms with van der Waals surface area (Å²) in [6, 6.07) is 13.3. The molecule has 5 nitrogen and oxygen atoms in total. The van der Waals surface area contributed by atoms with Crippen molar-refractivity contribution < 1.29 is 4.74 Å². The molecule has 0 atom stereocenters. The molecular weight excluding hydrogens is 264 g/mol. The van der Waals surface area contributed by atoms with E-state index in [1.807, 2.05) is 25.1 Å². The van der Waals surface area contributed by atoms with Crippen LogP contribution in [0.2, 0.25) is 0 Å². The molecule has 0 aliphatic rings. The first-order valence-electron chi connectivity index (χ1n) is 6.48. The number of anilines is 1. The highest BCUT2D eigenvalue weighted by atomic mass is 16.5. The Morgan fingerprint density at radius 2 is 2.00 bits per heavy atom.